The summed E-state index contributed by atoms with van der Waals surface area (Å²) < 4.78 is 0. The number of pyridine rings is 1. The monoisotopic (exact) mass is 264 g/mol. The van der Waals surface area contributed by atoms with Crippen LogP contribution in [0.4, 0.5) is 5.82 Å². The van der Waals surface area contributed by atoms with Crippen LogP contribution in [0.5, 0.6) is 0 Å². The zero-order chi connectivity index (χ0) is 13.0. The SMILES string of the molecule is CN1CCCCC1CNc1cc(C#N)cc(Cl)n1. The molecule has 0 aromatic carbocycles. The van der Waals surface area contributed by atoms with Crippen LogP contribution in [0.3, 0.4) is 0 Å². The second-order valence-electron chi connectivity index (χ2n) is 4.69. The van der Waals surface area contributed by atoms with E-state index in [1.165, 1.54) is 19.3 Å². The second-order valence-corrected chi connectivity index (χ2v) is 5.07. The van der Waals surface area contributed by atoms with E-state index in [4.69, 9.17) is 16.9 Å². The number of likely N-dealkylation sites (tertiary alicyclic amines) is 1. The number of aromatic nitrogens is 1. The minimum atomic E-state index is 0.355. The van der Waals surface area contributed by atoms with Crippen LogP contribution in [0.1, 0.15) is 24.8 Å². The van der Waals surface area contributed by atoms with Crippen molar-refractivity contribution < 1.29 is 0 Å². The van der Waals surface area contributed by atoms with E-state index in [-0.39, 0.29) is 0 Å². The largest absolute Gasteiger partial charge is 0.368 e. The summed E-state index contributed by atoms with van der Waals surface area (Å²) in [6.45, 7) is 1.99. The lowest BCUT2D eigenvalue weighted by atomic mass is 10.0. The number of hydrogen-bond donors (Lipinski definition) is 1. The molecule has 1 saturated heterocycles. The van der Waals surface area contributed by atoms with Crippen LogP contribution in [-0.2, 0) is 0 Å². The molecule has 1 fully saturated rings. The summed E-state index contributed by atoms with van der Waals surface area (Å²) >= 11 is 5.87. The van der Waals surface area contributed by atoms with Crippen molar-refractivity contribution >= 4 is 17.4 Å². The molecule has 2 heterocycles. The highest BCUT2D eigenvalue weighted by atomic mass is 35.5. The van der Waals surface area contributed by atoms with Crippen molar-refractivity contribution in [2.45, 2.75) is 25.3 Å². The third-order valence-corrected chi connectivity index (χ3v) is 3.56. The average molecular weight is 265 g/mol. The number of hydrogen-bond acceptors (Lipinski definition) is 4. The van der Waals surface area contributed by atoms with Crippen LogP contribution < -0.4 is 5.32 Å². The standard InChI is InChI=1S/C13H17ClN4/c1-18-5-3-2-4-11(18)9-16-13-7-10(8-15)6-12(14)17-13/h6-7,11H,2-5,9H2,1H3,(H,16,17). The van der Waals surface area contributed by atoms with E-state index in [1.54, 1.807) is 12.1 Å². The Labute approximate surface area is 113 Å². The van der Waals surface area contributed by atoms with E-state index in [0.717, 1.165) is 13.1 Å². The van der Waals surface area contributed by atoms with Gasteiger partial charge >= 0.3 is 0 Å². The van der Waals surface area contributed by atoms with Crippen molar-refractivity contribution in [1.29, 1.82) is 5.26 Å². The molecule has 2 rings (SSSR count). The smallest absolute Gasteiger partial charge is 0.132 e. The first kappa shape index (κ1) is 13.1. The maximum absolute atomic E-state index is 8.87. The lowest BCUT2D eigenvalue weighted by molar-refractivity contribution is 0.194. The molecule has 0 bridgehead atoms. The summed E-state index contributed by atoms with van der Waals surface area (Å²) in [7, 11) is 2.15. The van der Waals surface area contributed by atoms with Crippen molar-refractivity contribution in [1.82, 2.24) is 9.88 Å². The number of piperidine rings is 1. The van der Waals surface area contributed by atoms with Crippen LogP contribution >= 0.6 is 11.6 Å². The molecule has 1 atom stereocenters. The van der Waals surface area contributed by atoms with Gasteiger partial charge in [0.2, 0.25) is 0 Å². The molecular formula is C13H17ClN4. The summed E-state index contributed by atoms with van der Waals surface area (Å²) in [6.07, 6.45) is 3.76. The van der Waals surface area contributed by atoms with Gasteiger partial charge in [0.1, 0.15) is 11.0 Å². The van der Waals surface area contributed by atoms with Gasteiger partial charge in [-0.25, -0.2) is 4.98 Å². The van der Waals surface area contributed by atoms with Gasteiger partial charge in [0.25, 0.3) is 0 Å². The summed E-state index contributed by atoms with van der Waals surface area (Å²) in [4.78, 5) is 6.54. The van der Waals surface area contributed by atoms with Gasteiger partial charge in [-0.05, 0) is 38.6 Å². The minimum Gasteiger partial charge on any atom is -0.368 e. The molecule has 0 amide bonds. The highest BCUT2D eigenvalue weighted by molar-refractivity contribution is 6.29. The number of anilines is 1. The van der Waals surface area contributed by atoms with Gasteiger partial charge in [-0.2, -0.15) is 5.26 Å². The third kappa shape index (κ3) is 3.34. The molecular weight excluding hydrogens is 248 g/mol. The molecule has 1 unspecified atom stereocenters. The number of rotatable bonds is 3. The van der Waals surface area contributed by atoms with Crippen molar-refractivity contribution in [3.8, 4) is 6.07 Å². The van der Waals surface area contributed by atoms with Crippen LogP contribution in [0.25, 0.3) is 0 Å². The van der Waals surface area contributed by atoms with Crippen LogP contribution in [0, 0.1) is 11.3 Å². The molecule has 0 aliphatic carbocycles. The number of nitriles is 1. The molecule has 96 valence electrons. The Balaban J connectivity index is 1.97. The Hall–Kier alpha value is -1.31. The fourth-order valence-electron chi connectivity index (χ4n) is 2.28. The van der Waals surface area contributed by atoms with Gasteiger partial charge in [-0.3, -0.25) is 0 Å². The van der Waals surface area contributed by atoms with Crippen LogP contribution in [0.2, 0.25) is 5.15 Å². The summed E-state index contributed by atoms with van der Waals surface area (Å²) in [5.74, 6) is 0.679. The molecule has 0 spiro atoms. The number of likely N-dealkylation sites (N-methyl/N-ethyl adjacent to an activating group) is 1. The Morgan fingerprint density at radius 3 is 3.11 bits per heavy atom. The zero-order valence-electron chi connectivity index (χ0n) is 10.5. The number of nitrogens with zero attached hydrogens (tertiary/aromatic N) is 3. The second kappa shape index (κ2) is 6.03. The first-order valence-corrected chi connectivity index (χ1v) is 6.58. The number of nitrogens with one attached hydrogen (secondary N) is 1. The fraction of sp³-hybridized carbons (Fsp3) is 0.538. The van der Waals surface area contributed by atoms with Gasteiger partial charge in [0.05, 0.1) is 11.6 Å². The molecule has 1 aromatic rings. The lowest BCUT2D eigenvalue weighted by Crippen LogP contribution is -2.40. The lowest BCUT2D eigenvalue weighted by Gasteiger charge is -2.32. The van der Waals surface area contributed by atoms with E-state index >= 15 is 0 Å². The Bertz CT molecular complexity index is 455. The predicted molar refractivity (Wildman–Crippen MR) is 72.7 cm³/mol. The Morgan fingerprint density at radius 2 is 2.39 bits per heavy atom. The molecule has 1 aliphatic rings. The van der Waals surface area contributed by atoms with Gasteiger partial charge in [0.15, 0.2) is 0 Å². The van der Waals surface area contributed by atoms with Gasteiger partial charge in [-0.1, -0.05) is 18.0 Å². The zero-order valence-corrected chi connectivity index (χ0v) is 11.2. The van der Waals surface area contributed by atoms with Crippen molar-refractivity contribution in [2.24, 2.45) is 0 Å². The molecule has 4 nitrogen and oxygen atoms in total. The molecule has 5 heteroatoms. The molecule has 0 radical (unpaired) electrons. The van der Waals surface area contributed by atoms with E-state index in [0.29, 0.717) is 22.6 Å². The molecule has 1 aliphatic heterocycles. The Kier molecular flexibility index (Phi) is 4.40. The van der Waals surface area contributed by atoms with E-state index in [1.807, 2.05) is 0 Å². The third-order valence-electron chi connectivity index (χ3n) is 3.36. The van der Waals surface area contributed by atoms with E-state index in [9.17, 15) is 0 Å². The Morgan fingerprint density at radius 1 is 1.56 bits per heavy atom. The van der Waals surface area contributed by atoms with E-state index in [2.05, 4.69) is 28.3 Å². The predicted octanol–water partition coefficient (Wildman–Crippen LogP) is 2.50. The quantitative estimate of drug-likeness (QED) is 0.853. The highest BCUT2D eigenvalue weighted by Crippen LogP contribution is 2.17. The molecule has 1 aromatic heterocycles. The fourth-order valence-corrected chi connectivity index (χ4v) is 2.49. The van der Waals surface area contributed by atoms with Crippen molar-refractivity contribution in [3.63, 3.8) is 0 Å². The maximum atomic E-state index is 8.87. The van der Waals surface area contributed by atoms with E-state index < -0.39 is 0 Å². The summed E-state index contributed by atoms with van der Waals surface area (Å²) in [5.41, 5.74) is 0.537. The summed E-state index contributed by atoms with van der Waals surface area (Å²) in [6, 6.07) is 5.91. The highest BCUT2D eigenvalue weighted by Gasteiger charge is 2.18. The van der Waals surface area contributed by atoms with Gasteiger partial charge in [-0.15, -0.1) is 0 Å². The normalized spacial score (nSPS) is 20.4. The average Bonchev–Trinajstić information content (AvgIpc) is 2.37. The first-order chi connectivity index (χ1) is 8.69. The first-order valence-electron chi connectivity index (χ1n) is 6.21. The molecule has 18 heavy (non-hydrogen) atoms. The topological polar surface area (TPSA) is 52.0 Å². The van der Waals surface area contributed by atoms with Gasteiger partial charge in [0, 0.05) is 12.6 Å². The van der Waals surface area contributed by atoms with Crippen molar-refractivity contribution in [2.75, 3.05) is 25.5 Å². The molecule has 0 saturated carbocycles. The van der Waals surface area contributed by atoms with Gasteiger partial charge < -0.3 is 10.2 Å². The minimum absolute atomic E-state index is 0.355. The summed E-state index contributed by atoms with van der Waals surface area (Å²) in [5, 5.41) is 12.5. The van der Waals surface area contributed by atoms with Crippen molar-refractivity contribution in [3.05, 3.63) is 22.8 Å². The molecule has 1 N–H and O–H groups in total. The van der Waals surface area contributed by atoms with Crippen LogP contribution in [0.15, 0.2) is 12.1 Å². The van der Waals surface area contributed by atoms with Crippen LogP contribution in [-0.4, -0.2) is 36.1 Å². The maximum Gasteiger partial charge on any atom is 0.132 e. The number of halogens is 1.